The Morgan fingerprint density at radius 3 is 2.27 bits per heavy atom. The topological polar surface area (TPSA) is 58.6 Å². The maximum atomic E-state index is 12.5. The van der Waals surface area contributed by atoms with Crippen molar-refractivity contribution in [1.29, 1.82) is 0 Å². The van der Waals surface area contributed by atoms with Crippen LogP contribution < -0.4 is 10.2 Å². The summed E-state index contributed by atoms with van der Waals surface area (Å²) in [5.41, 5.74) is 3.08. The molecule has 0 aromatic heterocycles. The van der Waals surface area contributed by atoms with Crippen molar-refractivity contribution in [2.45, 2.75) is 65.4 Å². The minimum absolute atomic E-state index is 0.0332. The van der Waals surface area contributed by atoms with Gasteiger partial charge in [-0.2, -0.15) is 0 Å². The monoisotopic (exact) mass is 360 g/mol. The standard InChI is InChI=1S/C21H32N2O3/c1-14(2)18-9-6-10-19(15(3)4)21(18)23(16(5)24)13-20(25)22-12-17-8-7-11-26-17/h6,9-10,14-15,17H,7-8,11-13H2,1-5H3,(H,22,25). The van der Waals surface area contributed by atoms with E-state index in [1.54, 1.807) is 4.90 Å². The Balaban J connectivity index is 2.23. The summed E-state index contributed by atoms with van der Waals surface area (Å²) in [6.07, 6.45) is 2.11. The largest absolute Gasteiger partial charge is 0.376 e. The normalized spacial score (nSPS) is 17.0. The van der Waals surface area contributed by atoms with Gasteiger partial charge in [0, 0.05) is 20.1 Å². The van der Waals surface area contributed by atoms with Gasteiger partial charge in [0.15, 0.2) is 0 Å². The number of para-hydroxylation sites is 1. The molecule has 0 spiro atoms. The molecular weight excluding hydrogens is 328 g/mol. The molecule has 1 unspecified atom stereocenters. The minimum atomic E-state index is -0.149. The molecular formula is C21H32N2O3. The molecule has 5 nitrogen and oxygen atoms in total. The zero-order valence-corrected chi connectivity index (χ0v) is 16.7. The lowest BCUT2D eigenvalue weighted by atomic mass is 9.91. The predicted octanol–water partition coefficient (Wildman–Crippen LogP) is 3.58. The molecule has 0 radical (unpaired) electrons. The molecule has 5 heteroatoms. The molecule has 144 valence electrons. The smallest absolute Gasteiger partial charge is 0.240 e. The predicted molar refractivity (Wildman–Crippen MR) is 105 cm³/mol. The Labute approximate surface area is 157 Å². The molecule has 0 aliphatic carbocycles. The maximum Gasteiger partial charge on any atom is 0.240 e. The molecule has 0 saturated carbocycles. The molecule has 1 atom stereocenters. The van der Waals surface area contributed by atoms with Crippen LogP contribution >= 0.6 is 0 Å². The molecule has 2 rings (SSSR count). The zero-order chi connectivity index (χ0) is 19.3. The molecule has 1 aromatic carbocycles. The van der Waals surface area contributed by atoms with Crippen molar-refractivity contribution in [3.63, 3.8) is 0 Å². The van der Waals surface area contributed by atoms with Crippen LogP contribution in [0.5, 0.6) is 0 Å². The van der Waals surface area contributed by atoms with E-state index < -0.39 is 0 Å². The molecule has 1 aromatic rings. The van der Waals surface area contributed by atoms with Crippen LogP contribution in [0.1, 0.15) is 70.4 Å². The number of nitrogens with one attached hydrogen (secondary N) is 1. The summed E-state index contributed by atoms with van der Waals surface area (Å²) < 4.78 is 5.55. The van der Waals surface area contributed by atoms with Crippen LogP contribution in [0.2, 0.25) is 0 Å². The fourth-order valence-electron chi connectivity index (χ4n) is 3.40. The number of hydrogen-bond donors (Lipinski definition) is 1. The van der Waals surface area contributed by atoms with Gasteiger partial charge in [-0.25, -0.2) is 0 Å². The first-order valence-electron chi connectivity index (χ1n) is 9.60. The van der Waals surface area contributed by atoms with Gasteiger partial charge in [-0.05, 0) is 35.8 Å². The molecule has 1 aliphatic heterocycles. The quantitative estimate of drug-likeness (QED) is 0.808. The maximum absolute atomic E-state index is 12.5. The van der Waals surface area contributed by atoms with E-state index in [0.29, 0.717) is 6.54 Å². The molecule has 1 aliphatic rings. The van der Waals surface area contributed by atoms with Crippen LogP contribution in [0.15, 0.2) is 18.2 Å². The van der Waals surface area contributed by atoms with E-state index in [4.69, 9.17) is 4.74 Å². The third-order valence-electron chi connectivity index (χ3n) is 4.85. The molecule has 1 heterocycles. The number of nitrogens with zero attached hydrogens (tertiary/aromatic N) is 1. The summed E-state index contributed by atoms with van der Waals surface area (Å²) in [5, 5.41) is 2.92. The van der Waals surface area contributed by atoms with E-state index in [1.165, 1.54) is 6.92 Å². The zero-order valence-electron chi connectivity index (χ0n) is 16.7. The molecule has 1 saturated heterocycles. The Bertz CT molecular complexity index is 608. The first-order valence-corrected chi connectivity index (χ1v) is 9.60. The Kier molecular flexibility index (Phi) is 7.21. The van der Waals surface area contributed by atoms with Gasteiger partial charge in [0.25, 0.3) is 0 Å². The van der Waals surface area contributed by atoms with Gasteiger partial charge in [0.05, 0.1) is 11.8 Å². The molecule has 26 heavy (non-hydrogen) atoms. The fourth-order valence-corrected chi connectivity index (χ4v) is 3.40. The number of hydrogen-bond acceptors (Lipinski definition) is 3. The second-order valence-electron chi connectivity index (χ2n) is 7.64. The summed E-state index contributed by atoms with van der Waals surface area (Å²) in [4.78, 5) is 26.5. The molecule has 0 bridgehead atoms. The SMILES string of the molecule is CC(=O)N(CC(=O)NCC1CCCO1)c1c(C(C)C)cccc1C(C)C. The van der Waals surface area contributed by atoms with Crippen molar-refractivity contribution in [1.82, 2.24) is 5.32 Å². The van der Waals surface area contributed by atoms with Crippen molar-refractivity contribution in [2.24, 2.45) is 0 Å². The van der Waals surface area contributed by atoms with Gasteiger partial charge in [0.1, 0.15) is 6.54 Å². The van der Waals surface area contributed by atoms with E-state index in [-0.39, 0.29) is 36.3 Å². The van der Waals surface area contributed by atoms with E-state index in [1.807, 2.05) is 18.2 Å². The van der Waals surface area contributed by atoms with Crippen LogP contribution in [0, 0.1) is 0 Å². The highest BCUT2D eigenvalue weighted by Crippen LogP contribution is 2.35. The number of carbonyl (C=O) groups is 2. The van der Waals surface area contributed by atoms with Crippen molar-refractivity contribution in [2.75, 3.05) is 24.6 Å². The summed E-state index contributed by atoms with van der Waals surface area (Å²) in [6, 6.07) is 6.13. The Morgan fingerprint density at radius 2 is 1.81 bits per heavy atom. The van der Waals surface area contributed by atoms with Gasteiger partial charge in [-0.3, -0.25) is 9.59 Å². The fraction of sp³-hybridized carbons (Fsp3) is 0.619. The minimum Gasteiger partial charge on any atom is -0.376 e. The van der Waals surface area contributed by atoms with Gasteiger partial charge >= 0.3 is 0 Å². The van der Waals surface area contributed by atoms with Gasteiger partial charge in [-0.15, -0.1) is 0 Å². The molecule has 2 amide bonds. The summed E-state index contributed by atoms with van der Waals surface area (Å²) in [7, 11) is 0. The number of rotatable bonds is 7. The van der Waals surface area contributed by atoms with Crippen molar-refractivity contribution in [3.8, 4) is 0 Å². The first-order chi connectivity index (χ1) is 12.3. The average molecular weight is 360 g/mol. The lowest BCUT2D eigenvalue weighted by Crippen LogP contribution is -2.42. The Hall–Kier alpha value is -1.88. The van der Waals surface area contributed by atoms with E-state index in [9.17, 15) is 9.59 Å². The van der Waals surface area contributed by atoms with E-state index in [0.717, 1.165) is 36.3 Å². The average Bonchev–Trinajstić information content (AvgIpc) is 3.10. The molecule has 1 fully saturated rings. The van der Waals surface area contributed by atoms with Gasteiger partial charge in [-0.1, -0.05) is 45.9 Å². The van der Waals surface area contributed by atoms with E-state index in [2.05, 4.69) is 33.0 Å². The summed E-state index contributed by atoms with van der Waals surface area (Å²) in [6.45, 7) is 11.3. The van der Waals surface area contributed by atoms with Crippen molar-refractivity contribution < 1.29 is 14.3 Å². The number of anilines is 1. The third kappa shape index (κ3) is 5.07. The van der Waals surface area contributed by atoms with Crippen LogP contribution in [-0.4, -0.2) is 37.6 Å². The first kappa shape index (κ1) is 20.4. The van der Waals surface area contributed by atoms with Crippen LogP contribution in [0.4, 0.5) is 5.69 Å². The molecule has 1 N–H and O–H groups in total. The lowest BCUT2D eigenvalue weighted by Gasteiger charge is -2.29. The number of carbonyl (C=O) groups excluding carboxylic acids is 2. The highest BCUT2D eigenvalue weighted by molar-refractivity contribution is 5.99. The van der Waals surface area contributed by atoms with Crippen LogP contribution in [0.25, 0.3) is 0 Å². The third-order valence-corrected chi connectivity index (χ3v) is 4.85. The number of ether oxygens (including phenoxy) is 1. The second-order valence-corrected chi connectivity index (χ2v) is 7.64. The number of benzene rings is 1. The highest BCUT2D eigenvalue weighted by Gasteiger charge is 2.24. The highest BCUT2D eigenvalue weighted by atomic mass is 16.5. The van der Waals surface area contributed by atoms with Crippen molar-refractivity contribution in [3.05, 3.63) is 29.3 Å². The Morgan fingerprint density at radius 1 is 1.19 bits per heavy atom. The van der Waals surface area contributed by atoms with Gasteiger partial charge < -0.3 is 15.0 Å². The van der Waals surface area contributed by atoms with Crippen LogP contribution in [-0.2, 0) is 14.3 Å². The lowest BCUT2D eigenvalue weighted by molar-refractivity contribution is -0.123. The van der Waals surface area contributed by atoms with Crippen LogP contribution in [0.3, 0.4) is 0 Å². The van der Waals surface area contributed by atoms with E-state index >= 15 is 0 Å². The second kappa shape index (κ2) is 9.17. The van der Waals surface area contributed by atoms with Gasteiger partial charge in [0.2, 0.25) is 11.8 Å². The summed E-state index contributed by atoms with van der Waals surface area (Å²) >= 11 is 0. The number of amides is 2. The summed E-state index contributed by atoms with van der Waals surface area (Å²) in [5.74, 6) is 0.261. The van der Waals surface area contributed by atoms with Crippen molar-refractivity contribution >= 4 is 17.5 Å².